The second-order valence-electron chi connectivity index (χ2n) is 10.7. The van der Waals surface area contributed by atoms with E-state index in [4.69, 9.17) is 4.74 Å². The number of hydrogen-bond acceptors (Lipinski definition) is 5. The number of phenols is 1. The van der Waals surface area contributed by atoms with E-state index in [0.717, 1.165) is 12.8 Å². The van der Waals surface area contributed by atoms with E-state index >= 15 is 0 Å². The van der Waals surface area contributed by atoms with Crippen LogP contribution in [-0.2, 0) is 14.3 Å². The lowest BCUT2D eigenvalue weighted by molar-refractivity contribution is -0.146. The predicted molar refractivity (Wildman–Crippen MR) is 143 cm³/mol. The van der Waals surface area contributed by atoms with Crippen LogP contribution in [0.2, 0.25) is 0 Å². The third-order valence-corrected chi connectivity index (χ3v) is 6.32. The van der Waals surface area contributed by atoms with Crippen LogP contribution in [0.1, 0.15) is 99.6 Å². The van der Waals surface area contributed by atoms with Gasteiger partial charge < -0.3 is 25.4 Å². The van der Waals surface area contributed by atoms with Gasteiger partial charge in [-0.15, -0.1) is 0 Å². The molecule has 0 saturated heterocycles. The van der Waals surface area contributed by atoms with Gasteiger partial charge in [0.05, 0.1) is 0 Å². The summed E-state index contributed by atoms with van der Waals surface area (Å²) in [5, 5.41) is 15.7. The summed E-state index contributed by atoms with van der Waals surface area (Å²) < 4.78 is 5.44. The van der Waals surface area contributed by atoms with Gasteiger partial charge in [-0.2, -0.15) is 0 Å². The summed E-state index contributed by atoms with van der Waals surface area (Å²) in [5.74, 6) is -0.766. The van der Waals surface area contributed by atoms with Crippen LogP contribution in [0.5, 0.6) is 5.75 Å². The van der Waals surface area contributed by atoms with Gasteiger partial charge in [0, 0.05) is 12.1 Å². The summed E-state index contributed by atoms with van der Waals surface area (Å²) in [6, 6.07) is 4.17. The first-order valence-corrected chi connectivity index (χ1v) is 13.2. The number of nitrogens with one attached hydrogen (secondary N) is 2. The smallest absolute Gasteiger partial charge is 0.408 e. The van der Waals surface area contributed by atoms with E-state index in [1.165, 1.54) is 12.1 Å². The fourth-order valence-electron chi connectivity index (χ4n) is 4.00. The van der Waals surface area contributed by atoms with Gasteiger partial charge in [0.15, 0.2) is 0 Å². The van der Waals surface area contributed by atoms with Crippen LogP contribution in [0.25, 0.3) is 0 Å². The number of carbonyl (C=O) groups is 3. The average Bonchev–Trinajstić information content (AvgIpc) is 2.79. The van der Waals surface area contributed by atoms with E-state index in [1.807, 2.05) is 41.5 Å². The highest BCUT2D eigenvalue weighted by molar-refractivity contribution is 5.92. The van der Waals surface area contributed by atoms with Gasteiger partial charge in [0.2, 0.25) is 11.8 Å². The fraction of sp³-hybridized carbons (Fsp3) is 0.679. The highest BCUT2D eigenvalue weighted by Crippen LogP contribution is 2.29. The molecule has 0 bridgehead atoms. The molecule has 5 atom stereocenters. The Bertz CT molecular complexity index is 850. The molecule has 204 valence electrons. The summed E-state index contributed by atoms with van der Waals surface area (Å²) >= 11 is 0. The Morgan fingerprint density at radius 3 is 2.03 bits per heavy atom. The molecule has 3 amide bonds. The Morgan fingerprint density at radius 2 is 1.56 bits per heavy atom. The second kappa shape index (κ2) is 14.1. The Morgan fingerprint density at radius 1 is 0.972 bits per heavy atom. The first-order valence-electron chi connectivity index (χ1n) is 13.2. The third-order valence-electron chi connectivity index (χ3n) is 6.32. The molecule has 0 radical (unpaired) electrons. The van der Waals surface area contributed by atoms with Gasteiger partial charge in [0.25, 0.3) is 0 Å². The van der Waals surface area contributed by atoms with E-state index in [1.54, 1.807) is 37.8 Å². The monoisotopic (exact) mass is 505 g/mol. The minimum absolute atomic E-state index is 0.0683. The van der Waals surface area contributed by atoms with Gasteiger partial charge in [-0.05, 0) is 71.1 Å². The van der Waals surface area contributed by atoms with Crippen molar-refractivity contribution in [1.29, 1.82) is 0 Å². The van der Waals surface area contributed by atoms with Crippen LogP contribution in [-0.4, -0.2) is 51.6 Å². The van der Waals surface area contributed by atoms with Crippen molar-refractivity contribution in [2.75, 3.05) is 0 Å². The molecule has 5 unspecified atom stereocenters. The Kier molecular flexibility index (Phi) is 12.2. The van der Waals surface area contributed by atoms with Crippen LogP contribution in [0.4, 0.5) is 4.79 Å². The zero-order valence-electron chi connectivity index (χ0n) is 23.6. The molecule has 0 fully saturated rings. The molecule has 0 aliphatic carbocycles. The van der Waals surface area contributed by atoms with Crippen molar-refractivity contribution in [3.63, 3.8) is 0 Å². The highest BCUT2D eigenvalue weighted by Gasteiger charge is 2.40. The normalized spacial score (nSPS) is 15.7. The number of benzene rings is 1. The largest absolute Gasteiger partial charge is 0.508 e. The third kappa shape index (κ3) is 9.36. The number of ether oxygens (including phenoxy) is 1. The van der Waals surface area contributed by atoms with Crippen molar-refractivity contribution in [3.8, 4) is 5.75 Å². The zero-order valence-corrected chi connectivity index (χ0v) is 23.6. The Labute approximate surface area is 217 Å². The van der Waals surface area contributed by atoms with Crippen LogP contribution in [0, 0.1) is 5.92 Å². The molecule has 8 heteroatoms. The molecule has 1 aromatic rings. The lowest BCUT2D eigenvalue weighted by Crippen LogP contribution is -2.57. The molecule has 0 saturated carbocycles. The van der Waals surface area contributed by atoms with Crippen molar-refractivity contribution in [2.24, 2.45) is 5.92 Å². The number of phenolic OH excluding ortho intramolecular Hbond substituents is 1. The van der Waals surface area contributed by atoms with Crippen molar-refractivity contribution < 1.29 is 24.2 Å². The molecule has 0 aromatic heterocycles. The maximum absolute atomic E-state index is 14.2. The van der Waals surface area contributed by atoms with E-state index in [2.05, 4.69) is 10.6 Å². The molecule has 36 heavy (non-hydrogen) atoms. The predicted octanol–water partition coefficient (Wildman–Crippen LogP) is 5.30. The number of carbonyl (C=O) groups excluding carboxylic acids is 3. The maximum atomic E-state index is 14.2. The maximum Gasteiger partial charge on any atom is 0.408 e. The summed E-state index contributed by atoms with van der Waals surface area (Å²) in [6.45, 7) is 17.0. The first-order chi connectivity index (χ1) is 16.7. The van der Waals surface area contributed by atoms with Crippen molar-refractivity contribution in [2.45, 2.75) is 118 Å². The van der Waals surface area contributed by atoms with Crippen LogP contribution >= 0.6 is 0 Å². The lowest BCUT2D eigenvalue weighted by Gasteiger charge is -2.39. The minimum Gasteiger partial charge on any atom is -0.508 e. The van der Waals surface area contributed by atoms with Gasteiger partial charge in [-0.3, -0.25) is 9.59 Å². The zero-order chi connectivity index (χ0) is 27.6. The summed E-state index contributed by atoms with van der Waals surface area (Å²) in [7, 11) is 0. The Balaban J connectivity index is 3.54. The number of amides is 3. The molecule has 8 nitrogen and oxygen atoms in total. The fourth-order valence-corrected chi connectivity index (χ4v) is 4.00. The van der Waals surface area contributed by atoms with E-state index in [-0.39, 0.29) is 35.6 Å². The van der Waals surface area contributed by atoms with Gasteiger partial charge in [-0.25, -0.2) is 4.79 Å². The summed E-state index contributed by atoms with van der Waals surface area (Å²) in [5.41, 5.74) is -0.129. The van der Waals surface area contributed by atoms with Crippen LogP contribution < -0.4 is 10.6 Å². The quantitative estimate of drug-likeness (QED) is 0.357. The van der Waals surface area contributed by atoms with E-state index < -0.39 is 23.8 Å². The Hall–Kier alpha value is -2.77. The molecule has 1 rings (SSSR count). The molecule has 0 aliphatic rings. The molecular weight excluding hydrogens is 458 g/mol. The summed E-state index contributed by atoms with van der Waals surface area (Å²) in [6.07, 6.45) is 2.30. The van der Waals surface area contributed by atoms with Crippen LogP contribution in [0.15, 0.2) is 24.3 Å². The number of rotatable bonds is 12. The molecule has 1 aromatic carbocycles. The van der Waals surface area contributed by atoms with Gasteiger partial charge in [0.1, 0.15) is 23.4 Å². The van der Waals surface area contributed by atoms with Crippen molar-refractivity contribution in [3.05, 3.63) is 29.8 Å². The number of aromatic hydroxyl groups is 1. The SMILES string of the molecule is CCCC(C)NC(=O)C(c1ccc(O)cc1)N(C(=O)C(NC(=O)OC(C)(C)C)C(C)CC)C(C)CC. The topological polar surface area (TPSA) is 108 Å². The molecular formula is C28H47N3O5. The minimum atomic E-state index is -0.931. The van der Waals surface area contributed by atoms with Crippen molar-refractivity contribution in [1.82, 2.24) is 15.5 Å². The number of alkyl carbamates (subject to hydrolysis) is 1. The van der Waals surface area contributed by atoms with E-state index in [9.17, 15) is 19.5 Å². The molecule has 0 heterocycles. The molecule has 0 spiro atoms. The highest BCUT2D eigenvalue weighted by atomic mass is 16.6. The summed E-state index contributed by atoms with van der Waals surface area (Å²) in [4.78, 5) is 42.1. The number of nitrogens with zero attached hydrogens (tertiary/aromatic N) is 1. The van der Waals surface area contributed by atoms with Gasteiger partial charge in [-0.1, -0.05) is 52.7 Å². The average molecular weight is 506 g/mol. The standard InChI is InChI=1S/C28H47N3O5/c1-10-13-19(5)29-25(33)24(21-14-16-22(32)17-15-21)31(20(6)12-3)26(34)23(18(4)11-2)30-27(35)36-28(7,8)9/h14-20,23-24,32H,10-13H2,1-9H3,(H,29,33)(H,30,35). The molecule has 3 N–H and O–H groups in total. The first kappa shape index (κ1) is 31.3. The van der Waals surface area contributed by atoms with E-state index in [0.29, 0.717) is 18.4 Å². The van der Waals surface area contributed by atoms with Gasteiger partial charge >= 0.3 is 6.09 Å². The lowest BCUT2D eigenvalue weighted by atomic mass is 9.94. The number of hydrogen-bond donors (Lipinski definition) is 3. The second-order valence-corrected chi connectivity index (χ2v) is 10.7. The molecule has 0 aliphatic heterocycles. The van der Waals surface area contributed by atoms with Crippen LogP contribution in [0.3, 0.4) is 0 Å². The van der Waals surface area contributed by atoms with Crippen molar-refractivity contribution >= 4 is 17.9 Å².